The van der Waals surface area contributed by atoms with Crippen molar-refractivity contribution in [1.29, 1.82) is 0 Å². The fourth-order valence-electron chi connectivity index (χ4n) is 0.754. The molecule has 0 spiro atoms. The summed E-state index contributed by atoms with van der Waals surface area (Å²) in [6.07, 6.45) is 2.83. The molecule has 1 N–H and O–H groups in total. The second-order valence-electron chi connectivity index (χ2n) is 3.04. The van der Waals surface area contributed by atoms with Gasteiger partial charge in [0.25, 0.3) is 0 Å². The topological polar surface area (TPSA) is 33.1 Å². The molecule has 3 heteroatoms. The highest BCUT2D eigenvalue weighted by atomic mass is 32.1. The minimum atomic E-state index is -0.780. The maximum atomic E-state index is 9.55. The first-order valence-electron chi connectivity index (χ1n) is 3.71. The molecule has 0 aliphatic rings. The summed E-state index contributed by atoms with van der Waals surface area (Å²) < 4.78 is 0. The Hall–Kier alpha value is -0.410. The number of hydrogen-bond acceptors (Lipinski definition) is 3. The van der Waals surface area contributed by atoms with Crippen molar-refractivity contribution in [2.24, 2.45) is 0 Å². The van der Waals surface area contributed by atoms with Gasteiger partial charge >= 0.3 is 0 Å². The Bertz CT molecular complexity index is 236. The molecule has 0 unspecified atom stereocenters. The molecule has 1 rings (SSSR count). The van der Waals surface area contributed by atoms with Gasteiger partial charge in [0, 0.05) is 11.1 Å². The molecule has 0 bridgehead atoms. The van der Waals surface area contributed by atoms with Crippen LogP contribution in [0.5, 0.6) is 0 Å². The molecular weight excluding hydrogens is 158 g/mol. The average Bonchev–Trinajstić information content (AvgIpc) is 2.32. The predicted octanol–water partition coefficient (Wildman–Crippen LogP) is 1.93. The molecule has 0 saturated heterocycles. The van der Waals surface area contributed by atoms with Crippen LogP contribution >= 0.6 is 11.3 Å². The lowest BCUT2D eigenvalue weighted by atomic mass is 10.2. The van der Waals surface area contributed by atoms with Gasteiger partial charge in [-0.1, -0.05) is 6.92 Å². The fourth-order valence-corrected chi connectivity index (χ4v) is 1.61. The van der Waals surface area contributed by atoms with Gasteiger partial charge < -0.3 is 5.11 Å². The zero-order valence-corrected chi connectivity index (χ0v) is 7.90. The minimum absolute atomic E-state index is 0.780. The molecule has 2 nitrogen and oxygen atoms in total. The largest absolute Gasteiger partial charge is 0.383 e. The van der Waals surface area contributed by atoms with Crippen LogP contribution in [0.2, 0.25) is 0 Å². The Labute approximate surface area is 70.9 Å². The molecule has 0 amide bonds. The van der Waals surface area contributed by atoms with Crippen LogP contribution in [0.25, 0.3) is 0 Å². The second-order valence-corrected chi connectivity index (χ2v) is 4.16. The van der Waals surface area contributed by atoms with E-state index in [4.69, 9.17) is 0 Å². The zero-order valence-electron chi connectivity index (χ0n) is 7.09. The summed E-state index contributed by atoms with van der Waals surface area (Å²) in [4.78, 5) is 5.35. The highest BCUT2D eigenvalue weighted by molar-refractivity contribution is 7.11. The number of hydrogen-bond donors (Lipinski definition) is 1. The smallest absolute Gasteiger partial charge is 0.124 e. The average molecular weight is 171 g/mol. The number of thiazole rings is 1. The first kappa shape index (κ1) is 8.68. The highest BCUT2D eigenvalue weighted by Gasteiger charge is 2.19. The van der Waals surface area contributed by atoms with Crippen molar-refractivity contribution in [3.8, 4) is 0 Å². The van der Waals surface area contributed by atoms with Crippen molar-refractivity contribution in [1.82, 2.24) is 4.98 Å². The number of rotatable bonds is 2. The first-order valence-corrected chi connectivity index (χ1v) is 4.53. The summed E-state index contributed by atoms with van der Waals surface area (Å²) in [5.74, 6) is 0. The van der Waals surface area contributed by atoms with Gasteiger partial charge in [-0.3, -0.25) is 0 Å². The summed E-state index contributed by atoms with van der Waals surface area (Å²) in [7, 11) is 0. The van der Waals surface area contributed by atoms with Crippen LogP contribution in [0.15, 0.2) is 6.20 Å². The normalized spacial score (nSPS) is 12.0. The standard InChI is InChI=1S/C8H13NOS/c1-4-6-5-9-7(11-6)8(2,3)10/h5,10H,4H2,1-3H3. The third-order valence-electron chi connectivity index (χ3n) is 1.43. The Morgan fingerprint density at radius 2 is 2.27 bits per heavy atom. The van der Waals surface area contributed by atoms with E-state index in [-0.39, 0.29) is 0 Å². The van der Waals surface area contributed by atoms with Gasteiger partial charge in [-0.25, -0.2) is 4.98 Å². The lowest BCUT2D eigenvalue weighted by Gasteiger charge is -2.12. The Morgan fingerprint density at radius 1 is 1.64 bits per heavy atom. The number of aryl methyl sites for hydroxylation is 1. The molecule has 0 atom stereocenters. The van der Waals surface area contributed by atoms with Crippen molar-refractivity contribution in [2.45, 2.75) is 32.8 Å². The lowest BCUT2D eigenvalue weighted by molar-refractivity contribution is 0.0783. The SMILES string of the molecule is CCc1cnc(C(C)(C)O)s1. The van der Waals surface area contributed by atoms with Crippen molar-refractivity contribution in [3.63, 3.8) is 0 Å². The third kappa shape index (κ3) is 2.01. The van der Waals surface area contributed by atoms with E-state index in [1.807, 2.05) is 6.20 Å². The molecule has 11 heavy (non-hydrogen) atoms. The zero-order chi connectivity index (χ0) is 8.48. The van der Waals surface area contributed by atoms with Crippen LogP contribution in [0, 0.1) is 0 Å². The van der Waals surface area contributed by atoms with E-state index < -0.39 is 5.60 Å². The van der Waals surface area contributed by atoms with Gasteiger partial charge in [-0.15, -0.1) is 11.3 Å². The van der Waals surface area contributed by atoms with E-state index in [0.29, 0.717) is 0 Å². The van der Waals surface area contributed by atoms with Crippen molar-refractivity contribution >= 4 is 11.3 Å². The van der Waals surface area contributed by atoms with Gasteiger partial charge in [0.1, 0.15) is 10.6 Å². The summed E-state index contributed by atoms with van der Waals surface area (Å²) in [5.41, 5.74) is -0.780. The number of nitrogens with zero attached hydrogens (tertiary/aromatic N) is 1. The maximum Gasteiger partial charge on any atom is 0.124 e. The maximum absolute atomic E-state index is 9.55. The van der Waals surface area contributed by atoms with Gasteiger partial charge in [-0.2, -0.15) is 0 Å². The van der Waals surface area contributed by atoms with Gasteiger partial charge in [0.2, 0.25) is 0 Å². The lowest BCUT2D eigenvalue weighted by Crippen LogP contribution is -2.14. The number of aromatic nitrogens is 1. The Morgan fingerprint density at radius 3 is 2.55 bits per heavy atom. The Kier molecular flexibility index (Phi) is 2.30. The molecule has 0 radical (unpaired) electrons. The molecule has 0 saturated carbocycles. The van der Waals surface area contributed by atoms with E-state index in [1.54, 1.807) is 25.2 Å². The van der Waals surface area contributed by atoms with Crippen molar-refractivity contribution in [3.05, 3.63) is 16.1 Å². The number of aliphatic hydroxyl groups is 1. The van der Waals surface area contributed by atoms with Crippen LogP contribution < -0.4 is 0 Å². The fraction of sp³-hybridized carbons (Fsp3) is 0.625. The monoisotopic (exact) mass is 171 g/mol. The van der Waals surface area contributed by atoms with E-state index in [1.165, 1.54) is 4.88 Å². The van der Waals surface area contributed by atoms with E-state index in [9.17, 15) is 5.11 Å². The molecule has 1 aromatic heterocycles. The van der Waals surface area contributed by atoms with Crippen LogP contribution in [0.3, 0.4) is 0 Å². The highest BCUT2D eigenvalue weighted by Crippen LogP contribution is 2.24. The molecule has 62 valence electrons. The molecule has 0 aliphatic carbocycles. The van der Waals surface area contributed by atoms with Crippen LogP contribution in [-0.2, 0) is 12.0 Å². The summed E-state index contributed by atoms with van der Waals surface area (Å²) >= 11 is 1.58. The summed E-state index contributed by atoms with van der Waals surface area (Å²) in [6, 6.07) is 0. The molecular formula is C8H13NOS. The van der Waals surface area contributed by atoms with Crippen molar-refractivity contribution < 1.29 is 5.11 Å². The van der Waals surface area contributed by atoms with Crippen molar-refractivity contribution in [2.75, 3.05) is 0 Å². The van der Waals surface area contributed by atoms with Gasteiger partial charge in [-0.05, 0) is 20.3 Å². The molecule has 0 aliphatic heterocycles. The second kappa shape index (κ2) is 2.91. The van der Waals surface area contributed by atoms with E-state index in [2.05, 4.69) is 11.9 Å². The van der Waals surface area contributed by atoms with Crippen LogP contribution in [0.4, 0.5) is 0 Å². The Balaban J connectivity index is 2.89. The van der Waals surface area contributed by atoms with Gasteiger partial charge in [0.15, 0.2) is 0 Å². The van der Waals surface area contributed by atoms with Crippen LogP contribution in [0.1, 0.15) is 30.7 Å². The third-order valence-corrected chi connectivity index (χ3v) is 2.88. The predicted molar refractivity (Wildman–Crippen MR) is 46.7 cm³/mol. The van der Waals surface area contributed by atoms with E-state index >= 15 is 0 Å². The summed E-state index contributed by atoms with van der Waals surface area (Å²) in [6.45, 7) is 5.60. The van der Waals surface area contributed by atoms with Crippen LogP contribution in [-0.4, -0.2) is 10.1 Å². The van der Waals surface area contributed by atoms with Gasteiger partial charge in [0.05, 0.1) is 0 Å². The first-order chi connectivity index (χ1) is 5.04. The molecule has 0 aromatic carbocycles. The molecule has 1 aromatic rings. The molecule has 1 heterocycles. The summed E-state index contributed by atoms with van der Waals surface area (Å²) in [5, 5.41) is 10.3. The van der Waals surface area contributed by atoms with E-state index in [0.717, 1.165) is 11.4 Å². The minimum Gasteiger partial charge on any atom is -0.383 e. The quantitative estimate of drug-likeness (QED) is 0.737. The molecule has 0 fully saturated rings.